The quantitative estimate of drug-likeness (QED) is 0.780. The number of nitrogens with zero attached hydrogens (tertiary/aromatic N) is 3. The lowest BCUT2D eigenvalue weighted by Gasteiger charge is -2.22. The normalized spacial score (nSPS) is 23.1. The minimum Gasteiger partial charge on any atom is -0.347 e. The maximum Gasteiger partial charge on any atom is 0.280 e. The van der Waals surface area contributed by atoms with Crippen LogP contribution in [0, 0.1) is 11.5 Å². The maximum atomic E-state index is 12.9. The highest BCUT2D eigenvalue weighted by Gasteiger charge is 2.46. The number of halogens is 3. The molecule has 8 heteroatoms. The molecule has 1 aromatic heterocycles. The molecule has 0 spiro atoms. The van der Waals surface area contributed by atoms with Crippen LogP contribution in [-0.2, 0) is 0 Å². The van der Waals surface area contributed by atoms with E-state index in [0.717, 1.165) is 19.3 Å². The van der Waals surface area contributed by atoms with Gasteiger partial charge in [-0.3, -0.25) is 4.79 Å². The summed E-state index contributed by atoms with van der Waals surface area (Å²) in [7, 11) is 0. The van der Waals surface area contributed by atoms with Crippen molar-refractivity contribution in [3.63, 3.8) is 0 Å². The number of nitrogens with one attached hydrogen (secondary N) is 1. The van der Waals surface area contributed by atoms with E-state index in [-0.39, 0.29) is 34.7 Å². The molecule has 2 aromatic rings. The molecule has 3 heterocycles. The Bertz CT molecular complexity index is 961. The van der Waals surface area contributed by atoms with Crippen molar-refractivity contribution in [2.75, 3.05) is 0 Å². The van der Waals surface area contributed by atoms with Crippen molar-refractivity contribution in [1.29, 1.82) is 5.26 Å². The van der Waals surface area contributed by atoms with E-state index in [1.165, 1.54) is 12.1 Å². The molecule has 1 aromatic carbocycles. The fourth-order valence-corrected chi connectivity index (χ4v) is 4.40. The zero-order chi connectivity index (χ0) is 19.8. The number of benzene rings is 1. The van der Waals surface area contributed by atoms with Crippen LogP contribution in [0.1, 0.15) is 41.7 Å². The van der Waals surface area contributed by atoms with E-state index >= 15 is 0 Å². The SMILES string of the molecule is N#CN1[C@H]2CC[C@@H]1[C@H](NC(=O)c1ccc(-c3cccc(C(F)F)n3)cc1Cl)C2. The molecular formula is C20H17ClF2N4O. The van der Waals surface area contributed by atoms with E-state index in [0.29, 0.717) is 16.8 Å². The van der Waals surface area contributed by atoms with Gasteiger partial charge in [-0.05, 0) is 43.5 Å². The first kappa shape index (κ1) is 18.6. The van der Waals surface area contributed by atoms with E-state index in [9.17, 15) is 18.8 Å². The molecule has 5 nitrogen and oxygen atoms in total. The summed E-state index contributed by atoms with van der Waals surface area (Å²) in [6.45, 7) is 0. The van der Waals surface area contributed by atoms with Gasteiger partial charge in [-0.2, -0.15) is 5.26 Å². The van der Waals surface area contributed by atoms with Crippen LogP contribution in [0.4, 0.5) is 8.78 Å². The summed E-state index contributed by atoms with van der Waals surface area (Å²) >= 11 is 6.30. The molecule has 3 atom stereocenters. The predicted molar refractivity (Wildman–Crippen MR) is 99.8 cm³/mol. The lowest BCUT2D eigenvalue weighted by molar-refractivity contribution is 0.0928. The smallest absolute Gasteiger partial charge is 0.280 e. The largest absolute Gasteiger partial charge is 0.347 e. The Morgan fingerprint density at radius 1 is 1.32 bits per heavy atom. The summed E-state index contributed by atoms with van der Waals surface area (Å²) in [6, 6.07) is 9.31. The summed E-state index contributed by atoms with van der Waals surface area (Å²) < 4.78 is 25.7. The van der Waals surface area contributed by atoms with Crippen LogP contribution in [0.15, 0.2) is 36.4 Å². The van der Waals surface area contributed by atoms with Crippen molar-refractivity contribution in [2.24, 2.45) is 0 Å². The van der Waals surface area contributed by atoms with Crippen molar-refractivity contribution in [2.45, 2.75) is 43.8 Å². The van der Waals surface area contributed by atoms with Gasteiger partial charge in [0, 0.05) is 11.6 Å². The van der Waals surface area contributed by atoms with Gasteiger partial charge in [0.05, 0.1) is 28.4 Å². The molecule has 0 unspecified atom stereocenters. The second-order valence-electron chi connectivity index (χ2n) is 7.06. The standard InChI is InChI=1S/C20H17ClF2N4O/c21-14-8-11(15-2-1-3-16(25-15)19(22)23)4-6-13(14)20(28)26-17-9-12-5-7-18(17)27(12)10-24/h1-4,6,8,12,17-19H,5,7,9H2,(H,26,28)/t12-,17+,18+/m0/s1. The summed E-state index contributed by atoms with van der Waals surface area (Å²) in [5.41, 5.74) is 0.916. The third-order valence-corrected chi connectivity index (χ3v) is 5.79. The zero-order valence-electron chi connectivity index (χ0n) is 14.8. The number of amides is 1. The average molecular weight is 403 g/mol. The molecule has 28 heavy (non-hydrogen) atoms. The highest BCUT2D eigenvalue weighted by atomic mass is 35.5. The number of pyridine rings is 1. The van der Waals surface area contributed by atoms with Gasteiger partial charge >= 0.3 is 0 Å². The number of carbonyl (C=O) groups is 1. The lowest BCUT2D eigenvalue weighted by atomic mass is 9.95. The summed E-state index contributed by atoms with van der Waals surface area (Å²) in [6.07, 6.45) is 2.18. The second kappa shape index (κ2) is 7.36. The third kappa shape index (κ3) is 3.29. The molecule has 2 aliphatic rings. The van der Waals surface area contributed by atoms with Crippen molar-refractivity contribution in [3.05, 3.63) is 52.7 Å². The van der Waals surface area contributed by atoms with Crippen molar-refractivity contribution < 1.29 is 13.6 Å². The molecule has 1 amide bonds. The Balaban J connectivity index is 1.51. The molecule has 0 radical (unpaired) electrons. The molecule has 2 fully saturated rings. The summed E-state index contributed by atoms with van der Waals surface area (Å²) in [4.78, 5) is 18.4. The van der Waals surface area contributed by atoms with Gasteiger partial charge in [0.25, 0.3) is 12.3 Å². The van der Waals surface area contributed by atoms with E-state index < -0.39 is 6.43 Å². The molecule has 0 saturated carbocycles. The Morgan fingerprint density at radius 2 is 2.14 bits per heavy atom. The topological polar surface area (TPSA) is 69.0 Å². The van der Waals surface area contributed by atoms with Crippen LogP contribution in [0.5, 0.6) is 0 Å². The van der Waals surface area contributed by atoms with E-state index in [2.05, 4.69) is 16.5 Å². The fourth-order valence-electron chi connectivity index (χ4n) is 4.14. The van der Waals surface area contributed by atoms with Crippen LogP contribution < -0.4 is 5.32 Å². The molecule has 144 valence electrons. The number of hydrogen-bond donors (Lipinski definition) is 1. The summed E-state index contributed by atoms with van der Waals surface area (Å²) in [5.74, 6) is -0.304. The average Bonchev–Trinajstić information content (AvgIpc) is 3.24. The van der Waals surface area contributed by atoms with Gasteiger partial charge in [0.2, 0.25) is 0 Å². The second-order valence-corrected chi connectivity index (χ2v) is 7.47. The van der Waals surface area contributed by atoms with E-state index in [1.54, 1.807) is 29.2 Å². The number of rotatable bonds is 4. The molecular weight excluding hydrogens is 386 g/mol. The first-order valence-corrected chi connectivity index (χ1v) is 9.39. The van der Waals surface area contributed by atoms with Crippen molar-refractivity contribution >= 4 is 17.5 Å². The Labute approximate surface area is 165 Å². The Kier molecular flexibility index (Phi) is 4.90. The van der Waals surface area contributed by atoms with Gasteiger partial charge in [-0.25, -0.2) is 13.8 Å². The molecule has 2 bridgehead atoms. The van der Waals surface area contributed by atoms with Crippen LogP contribution in [0.2, 0.25) is 5.02 Å². The Morgan fingerprint density at radius 3 is 2.82 bits per heavy atom. The van der Waals surface area contributed by atoms with Gasteiger partial charge < -0.3 is 10.2 Å². The monoisotopic (exact) mass is 402 g/mol. The van der Waals surface area contributed by atoms with Crippen LogP contribution in [0.3, 0.4) is 0 Å². The number of alkyl halides is 2. The van der Waals surface area contributed by atoms with Crippen LogP contribution in [0.25, 0.3) is 11.3 Å². The number of nitriles is 1. The molecule has 1 N–H and O–H groups in total. The van der Waals surface area contributed by atoms with Gasteiger partial charge in [-0.1, -0.05) is 23.7 Å². The molecule has 4 rings (SSSR count). The number of carbonyl (C=O) groups excluding carboxylic acids is 1. The molecule has 2 aliphatic heterocycles. The highest BCUT2D eigenvalue weighted by Crippen LogP contribution is 2.37. The van der Waals surface area contributed by atoms with Gasteiger partial charge in [0.15, 0.2) is 6.19 Å². The Hall–Kier alpha value is -2.72. The maximum absolute atomic E-state index is 12.9. The van der Waals surface area contributed by atoms with E-state index in [1.807, 2.05) is 0 Å². The van der Waals surface area contributed by atoms with Crippen molar-refractivity contribution in [1.82, 2.24) is 15.2 Å². The minimum atomic E-state index is -2.66. The number of fused-ring (bicyclic) bond motifs is 2. The lowest BCUT2D eigenvalue weighted by Crippen LogP contribution is -2.43. The zero-order valence-corrected chi connectivity index (χ0v) is 15.5. The van der Waals surface area contributed by atoms with Crippen LogP contribution in [-0.4, -0.2) is 33.9 Å². The van der Waals surface area contributed by atoms with Crippen molar-refractivity contribution in [3.8, 4) is 17.5 Å². The number of hydrogen-bond acceptors (Lipinski definition) is 4. The number of aromatic nitrogens is 1. The first-order chi connectivity index (χ1) is 13.5. The summed E-state index contributed by atoms with van der Waals surface area (Å²) in [5, 5.41) is 12.4. The predicted octanol–water partition coefficient (Wildman–Crippen LogP) is 4.16. The first-order valence-electron chi connectivity index (χ1n) is 9.02. The fraction of sp³-hybridized carbons (Fsp3) is 0.350. The molecule has 2 saturated heterocycles. The van der Waals surface area contributed by atoms with E-state index in [4.69, 9.17) is 11.6 Å². The third-order valence-electron chi connectivity index (χ3n) is 5.47. The van der Waals surface area contributed by atoms with Gasteiger partial charge in [-0.15, -0.1) is 0 Å². The minimum absolute atomic E-state index is 0.0401. The van der Waals surface area contributed by atoms with Crippen LogP contribution >= 0.6 is 11.6 Å². The molecule has 0 aliphatic carbocycles. The highest BCUT2D eigenvalue weighted by molar-refractivity contribution is 6.34. The van der Waals surface area contributed by atoms with Gasteiger partial charge in [0.1, 0.15) is 5.69 Å².